The van der Waals surface area contributed by atoms with Crippen LogP contribution in [0.25, 0.3) is 11.3 Å². The van der Waals surface area contributed by atoms with Crippen molar-refractivity contribution in [2.24, 2.45) is 0 Å². The molecule has 4 rings (SSSR count). The molecule has 1 aromatic carbocycles. The molecule has 1 unspecified atom stereocenters. The second-order valence-corrected chi connectivity index (χ2v) is 6.74. The predicted molar refractivity (Wildman–Crippen MR) is 115 cm³/mol. The van der Waals surface area contributed by atoms with Crippen LogP contribution in [0.15, 0.2) is 48.8 Å². The summed E-state index contributed by atoms with van der Waals surface area (Å²) in [6.45, 7) is 2.05. The Kier molecular flexibility index (Phi) is 6.91. The fourth-order valence-electron chi connectivity index (χ4n) is 3.55. The fraction of sp³-hybridized carbons (Fsp3) is 0.286. The number of pyridine rings is 1. The van der Waals surface area contributed by atoms with Gasteiger partial charge in [0.05, 0.1) is 26.0 Å². The number of hydrogen-bond acceptors (Lipinski definition) is 6. The minimum atomic E-state index is -0.0837. The summed E-state index contributed by atoms with van der Waals surface area (Å²) >= 11 is 0. The van der Waals surface area contributed by atoms with E-state index in [9.17, 15) is 4.79 Å². The molecule has 0 saturated carbocycles. The van der Waals surface area contributed by atoms with Crippen LogP contribution in [-0.4, -0.2) is 59.8 Å². The summed E-state index contributed by atoms with van der Waals surface area (Å²) in [5.41, 5.74) is 2.96. The van der Waals surface area contributed by atoms with Crippen molar-refractivity contribution in [2.45, 2.75) is 6.04 Å². The topological polar surface area (TPSA) is 92.4 Å². The maximum Gasteiger partial charge on any atom is 0.272 e. The Morgan fingerprint density at radius 3 is 2.73 bits per heavy atom. The van der Waals surface area contributed by atoms with Gasteiger partial charge in [0.15, 0.2) is 11.5 Å². The Morgan fingerprint density at radius 2 is 2.00 bits per heavy atom. The summed E-state index contributed by atoms with van der Waals surface area (Å²) in [6.07, 6.45) is 3.54. The van der Waals surface area contributed by atoms with E-state index in [1.165, 1.54) is 0 Å². The summed E-state index contributed by atoms with van der Waals surface area (Å²) in [5.74, 6) is 1.17. The summed E-state index contributed by atoms with van der Waals surface area (Å²) in [7, 11) is 3.18. The zero-order valence-corrected chi connectivity index (χ0v) is 17.6. The highest BCUT2D eigenvalue weighted by Crippen LogP contribution is 2.32. The maximum absolute atomic E-state index is 13.2. The molecule has 3 aromatic rings. The highest BCUT2D eigenvalue weighted by molar-refractivity contribution is 5.94. The third-order valence-corrected chi connectivity index (χ3v) is 5.06. The smallest absolute Gasteiger partial charge is 0.272 e. The number of carbonyl (C=O) groups is 1. The Morgan fingerprint density at radius 1 is 1.17 bits per heavy atom. The highest BCUT2D eigenvalue weighted by Gasteiger charge is 2.29. The van der Waals surface area contributed by atoms with Crippen LogP contribution in [-0.2, 0) is 0 Å². The van der Waals surface area contributed by atoms with Crippen molar-refractivity contribution < 1.29 is 14.3 Å². The highest BCUT2D eigenvalue weighted by atomic mass is 35.5. The number of nitrogens with one attached hydrogen (secondary N) is 2. The van der Waals surface area contributed by atoms with Crippen molar-refractivity contribution >= 4 is 18.3 Å². The molecule has 1 amide bonds. The number of H-pyrrole nitrogens is 1. The van der Waals surface area contributed by atoms with Crippen molar-refractivity contribution in [2.75, 3.05) is 33.9 Å². The van der Waals surface area contributed by atoms with Gasteiger partial charge in [-0.15, -0.1) is 12.4 Å². The van der Waals surface area contributed by atoms with Crippen LogP contribution in [0.2, 0.25) is 0 Å². The van der Waals surface area contributed by atoms with Crippen LogP contribution in [0, 0.1) is 0 Å². The molecule has 1 aliphatic rings. The molecule has 1 fully saturated rings. The van der Waals surface area contributed by atoms with Gasteiger partial charge < -0.3 is 19.7 Å². The van der Waals surface area contributed by atoms with Crippen molar-refractivity contribution in [1.29, 1.82) is 0 Å². The first kappa shape index (κ1) is 21.6. The lowest BCUT2D eigenvalue weighted by Crippen LogP contribution is -2.48. The lowest BCUT2D eigenvalue weighted by molar-refractivity contribution is 0.0628. The minimum Gasteiger partial charge on any atom is -0.493 e. The molecule has 0 aliphatic carbocycles. The molecule has 1 saturated heterocycles. The van der Waals surface area contributed by atoms with Crippen LogP contribution >= 0.6 is 12.4 Å². The first-order valence-corrected chi connectivity index (χ1v) is 9.40. The number of methoxy groups -OCH3 is 2. The van der Waals surface area contributed by atoms with Crippen molar-refractivity contribution in [3.05, 3.63) is 60.0 Å². The van der Waals surface area contributed by atoms with E-state index in [-0.39, 0.29) is 24.4 Å². The molecule has 2 N–H and O–H groups in total. The number of aromatic nitrogens is 3. The summed E-state index contributed by atoms with van der Waals surface area (Å²) in [4.78, 5) is 19.3. The van der Waals surface area contributed by atoms with Gasteiger partial charge in [-0.1, -0.05) is 6.07 Å². The minimum absolute atomic E-state index is 0. The van der Waals surface area contributed by atoms with Gasteiger partial charge in [0, 0.05) is 37.6 Å². The molecule has 9 heteroatoms. The molecule has 1 aliphatic heterocycles. The molecule has 0 bridgehead atoms. The average Bonchev–Trinajstić information content (AvgIpc) is 3.29. The summed E-state index contributed by atoms with van der Waals surface area (Å²) in [5, 5.41) is 10.6. The van der Waals surface area contributed by atoms with E-state index in [4.69, 9.17) is 9.47 Å². The van der Waals surface area contributed by atoms with E-state index in [0.29, 0.717) is 36.0 Å². The van der Waals surface area contributed by atoms with E-state index in [2.05, 4.69) is 20.5 Å². The van der Waals surface area contributed by atoms with Crippen molar-refractivity contribution in [1.82, 2.24) is 25.4 Å². The number of rotatable bonds is 5. The predicted octanol–water partition coefficient (Wildman–Crippen LogP) is 2.70. The van der Waals surface area contributed by atoms with Gasteiger partial charge in [-0.2, -0.15) is 5.10 Å². The molecule has 1 atom stereocenters. The van der Waals surface area contributed by atoms with E-state index in [1.54, 1.807) is 32.7 Å². The number of piperazine rings is 1. The van der Waals surface area contributed by atoms with Gasteiger partial charge in [-0.25, -0.2) is 0 Å². The van der Waals surface area contributed by atoms with Gasteiger partial charge in [0.1, 0.15) is 5.69 Å². The van der Waals surface area contributed by atoms with Crippen molar-refractivity contribution in [3.8, 4) is 22.8 Å². The molecule has 3 heterocycles. The molecular weight excluding hydrogens is 406 g/mol. The fourth-order valence-corrected chi connectivity index (χ4v) is 3.55. The summed E-state index contributed by atoms with van der Waals surface area (Å²) in [6, 6.07) is 11.1. The number of ether oxygens (including phenoxy) is 2. The zero-order chi connectivity index (χ0) is 20.2. The van der Waals surface area contributed by atoms with Gasteiger partial charge >= 0.3 is 0 Å². The van der Waals surface area contributed by atoms with Crippen LogP contribution in [0.3, 0.4) is 0 Å². The van der Waals surface area contributed by atoms with Crippen LogP contribution in [0.5, 0.6) is 11.5 Å². The Bertz CT molecular complexity index is 995. The Hall–Kier alpha value is -3.10. The standard InChI is InChI=1S/C21H23N5O3.ClH/c1-28-19-6-5-14(10-20(19)29-2)16-11-17(25-24-16)21(27)26-9-8-23-13-18(26)15-4-3-7-22-12-15;/h3-7,10-12,18,23H,8-9,13H2,1-2H3,(H,24,25);1H. The first-order chi connectivity index (χ1) is 14.2. The average molecular weight is 430 g/mol. The second kappa shape index (κ2) is 9.60. The maximum atomic E-state index is 13.2. The Labute approximate surface area is 181 Å². The largest absolute Gasteiger partial charge is 0.493 e. The van der Waals surface area contributed by atoms with E-state index >= 15 is 0 Å². The number of hydrogen-bond donors (Lipinski definition) is 2. The number of amides is 1. The second-order valence-electron chi connectivity index (χ2n) is 6.74. The number of benzene rings is 1. The SMILES string of the molecule is COc1ccc(-c2cc(C(=O)N3CCNCC3c3cccnc3)[nH]n2)cc1OC.Cl. The van der Waals surface area contributed by atoms with Gasteiger partial charge in [-0.3, -0.25) is 14.9 Å². The monoisotopic (exact) mass is 429 g/mol. The van der Waals surface area contributed by atoms with Crippen LogP contribution < -0.4 is 14.8 Å². The first-order valence-electron chi connectivity index (χ1n) is 9.40. The van der Waals surface area contributed by atoms with Gasteiger partial charge in [0.2, 0.25) is 0 Å². The lowest BCUT2D eigenvalue weighted by Gasteiger charge is -2.36. The number of halogens is 1. The molecule has 8 nitrogen and oxygen atoms in total. The Balaban J connectivity index is 0.00000256. The van der Waals surface area contributed by atoms with Gasteiger partial charge in [-0.05, 0) is 35.9 Å². The molecular formula is C21H24ClN5O3. The molecule has 30 heavy (non-hydrogen) atoms. The zero-order valence-electron chi connectivity index (χ0n) is 16.8. The van der Waals surface area contributed by atoms with Gasteiger partial charge in [0.25, 0.3) is 5.91 Å². The molecule has 0 spiro atoms. The number of carbonyl (C=O) groups excluding carboxylic acids is 1. The third kappa shape index (κ3) is 4.24. The third-order valence-electron chi connectivity index (χ3n) is 5.06. The molecule has 158 valence electrons. The van der Waals surface area contributed by atoms with E-state index in [0.717, 1.165) is 17.7 Å². The molecule has 0 radical (unpaired) electrons. The van der Waals surface area contributed by atoms with Crippen LogP contribution in [0.4, 0.5) is 0 Å². The molecule has 2 aromatic heterocycles. The number of nitrogens with zero attached hydrogens (tertiary/aromatic N) is 3. The van der Waals surface area contributed by atoms with E-state index < -0.39 is 0 Å². The summed E-state index contributed by atoms with van der Waals surface area (Å²) < 4.78 is 10.6. The van der Waals surface area contributed by atoms with Crippen molar-refractivity contribution in [3.63, 3.8) is 0 Å². The normalized spacial score (nSPS) is 15.9. The number of aromatic amines is 1. The quantitative estimate of drug-likeness (QED) is 0.647. The lowest BCUT2D eigenvalue weighted by atomic mass is 10.0. The van der Waals surface area contributed by atoms with E-state index in [1.807, 2.05) is 35.2 Å². The van der Waals surface area contributed by atoms with Crippen LogP contribution in [0.1, 0.15) is 22.1 Å².